The lowest BCUT2D eigenvalue weighted by Gasteiger charge is -2.29. The summed E-state index contributed by atoms with van der Waals surface area (Å²) in [5, 5.41) is 7.19. The molecule has 2 aromatic heterocycles. The van der Waals surface area contributed by atoms with Crippen LogP contribution in [0.5, 0.6) is 0 Å². The van der Waals surface area contributed by atoms with E-state index in [0.717, 1.165) is 61.3 Å². The molecular formula is C52H33NOS. The van der Waals surface area contributed by atoms with Crippen molar-refractivity contribution in [3.63, 3.8) is 0 Å². The van der Waals surface area contributed by atoms with Crippen molar-refractivity contribution in [3.05, 3.63) is 200 Å². The summed E-state index contributed by atoms with van der Waals surface area (Å²) in [7, 11) is 0. The minimum Gasteiger partial charge on any atom is -0.455 e. The smallest absolute Gasteiger partial charge is 0.143 e. The molecule has 0 radical (unpaired) electrons. The summed E-state index contributed by atoms with van der Waals surface area (Å²) >= 11 is 1.85. The van der Waals surface area contributed by atoms with Crippen LogP contribution in [0.3, 0.4) is 0 Å². The number of fused-ring (bicyclic) bond motifs is 7. The minimum absolute atomic E-state index is 0.894. The monoisotopic (exact) mass is 719 g/mol. The number of hydrogen-bond acceptors (Lipinski definition) is 3. The van der Waals surface area contributed by atoms with Gasteiger partial charge < -0.3 is 9.32 Å². The second kappa shape index (κ2) is 12.9. The molecule has 2 nitrogen and oxygen atoms in total. The largest absolute Gasteiger partial charge is 0.455 e. The SMILES string of the molecule is c1ccc(-c2ccc(N(c3ccc4sc5ccccc5c4c3)c3ccc(-c4ccccc4)c4ccccc34)cc2-c2cccc3c2oc2ccccc23)cc1. The number of anilines is 3. The van der Waals surface area contributed by atoms with Crippen LogP contribution in [-0.4, -0.2) is 0 Å². The molecule has 3 heteroatoms. The molecule has 11 rings (SSSR count). The van der Waals surface area contributed by atoms with E-state index in [1.54, 1.807) is 0 Å². The fourth-order valence-corrected chi connectivity index (χ4v) is 9.44. The zero-order valence-corrected chi connectivity index (χ0v) is 30.6. The first-order valence-electron chi connectivity index (χ1n) is 18.7. The second-order valence-corrected chi connectivity index (χ2v) is 15.1. The zero-order chi connectivity index (χ0) is 36.3. The maximum atomic E-state index is 6.68. The number of benzene rings is 9. The standard InChI is InChI=1S/C52H33NOS/c1-3-14-34(15-4-1)38-29-30-48(41-19-8-7-18-40(38)41)53(37-27-31-51-47(33-37)43-21-10-12-25-50(43)55-51)36-26-28-39(35-16-5-2-6-17-35)46(32-36)45-23-13-22-44-42-20-9-11-24-49(42)54-52(44)45/h1-33H. The van der Waals surface area contributed by atoms with Crippen molar-refractivity contribution in [2.24, 2.45) is 0 Å². The molecule has 0 atom stereocenters. The van der Waals surface area contributed by atoms with Gasteiger partial charge in [-0.3, -0.25) is 0 Å². The lowest BCUT2D eigenvalue weighted by atomic mass is 9.92. The quantitative estimate of drug-likeness (QED) is 0.170. The minimum atomic E-state index is 0.894. The third kappa shape index (κ3) is 5.24. The number of thiophene rings is 1. The molecule has 0 aliphatic carbocycles. The Balaban J connectivity index is 1.20. The Kier molecular flexibility index (Phi) is 7.39. The van der Waals surface area contributed by atoms with Crippen molar-refractivity contribution in [1.82, 2.24) is 0 Å². The molecule has 0 amide bonds. The van der Waals surface area contributed by atoms with E-state index in [2.05, 4.69) is 199 Å². The molecular weight excluding hydrogens is 687 g/mol. The highest BCUT2D eigenvalue weighted by Crippen LogP contribution is 2.47. The Morgan fingerprint density at radius 2 is 0.945 bits per heavy atom. The number of hydrogen-bond donors (Lipinski definition) is 0. The Hall–Kier alpha value is -6.94. The molecule has 0 N–H and O–H groups in total. The fourth-order valence-electron chi connectivity index (χ4n) is 8.35. The summed E-state index contributed by atoms with van der Waals surface area (Å²) in [5.41, 5.74) is 12.0. The zero-order valence-electron chi connectivity index (χ0n) is 29.8. The predicted octanol–water partition coefficient (Wildman–Crippen LogP) is 15.6. The van der Waals surface area contributed by atoms with Gasteiger partial charge in [-0.15, -0.1) is 11.3 Å². The van der Waals surface area contributed by atoms with E-state index >= 15 is 0 Å². The van der Waals surface area contributed by atoms with Crippen molar-refractivity contribution in [2.45, 2.75) is 0 Å². The summed E-state index contributed by atoms with van der Waals surface area (Å²) < 4.78 is 9.26. The van der Waals surface area contributed by atoms with E-state index in [0.29, 0.717) is 0 Å². The molecule has 0 saturated carbocycles. The van der Waals surface area contributed by atoms with Crippen LogP contribution in [0.25, 0.3) is 86.3 Å². The fraction of sp³-hybridized carbons (Fsp3) is 0. The summed E-state index contributed by atoms with van der Waals surface area (Å²) in [5.74, 6) is 0. The van der Waals surface area contributed by atoms with Crippen LogP contribution in [0.4, 0.5) is 17.1 Å². The highest BCUT2D eigenvalue weighted by Gasteiger charge is 2.22. The van der Waals surface area contributed by atoms with Crippen LogP contribution >= 0.6 is 11.3 Å². The van der Waals surface area contributed by atoms with Gasteiger partial charge in [0.2, 0.25) is 0 Å². The molecule has 0 aliphatic rings. The van der Waals surface area contributed by atoms with Crippen LogP contribution in [0.1, 0.15) is 0 Å². The van der Waals surface area contributed by atoms with Crippen molar-refractivity contribution in [2.75, 3.05) is 4.90 Å². The van der Waals surface area contributed by atoms with Crippen LogP contribution in [-0.2, 0) is 0 Å². The number of furan rings is 1. The number of para-hydroxylation sites is 2. The number of nitrogens with zero attached hydrogens (tertiary/aromatic N) is 1. The van der Waals surface area contributed by atoms with Crippen LogP contribution < -0.4 is 4.90 Å². The molecule has 0 fully saturated rings. The molecule has 55 heavy (non-hydrogen) atoms. The Morgan fingerprint density at radius 1 is 0.345 bits per heavy atom. The lowest BCUT2D eigenvalue weighted by molar-refractivity contribution is 0.670. The van der Waals surface area contributed by atoms with Gasteiger partial charge in [-0.25, -0.2) is 0 Å². The maximum absolute atomic E-state index is 6.68. The van der Waals surface area contributed by atoms with Gasteiger partial charge in [-0.1, -0.05) is 152 Å². The Bertz CT molecular complexity index is 3210. The summed E-state index contributed by atoms with van der Waals surface area (Å²) in [6.45, 7) is 0. The van der Waals surface area contributed by atoms with Gasteiger partial charge in [0.15, 0.2) is 0 Å². The Morgan fingerprint density at radius 3 is 1.76 bits per heavy atom. The van der Waals surface area contributed by atoms with E-state index < -0.39 is 0 Å². The normalized spacial score (nSPS) is 11.6. The lowest BCUT2D eigenvalue weighted by Crippen LogP contribution is -2.11. The van der Waals surface area contributed by atoms with Gasteiger partial charge in [-0.2, -0.15) is 0 Å². The van der Waals surface area contributed by atoms with Gasteiger partial charge in [0.1, 0.15) is 11.2 Å². The van der Waals surface area contributed by atoms with E-state index in [1.165, 1.54) is 42.1 Å². The van der Waals surface area contributed by atoms with Crippen LogP contribution in [0.2, 0.25) is 0 Å². The highest BCUT2D eigenvalue weighted by molar-refractivity contribution is 7.25. The third-order valence-corrected chi connectivity index (χ3v) is 12.0. The molecule has 0 aliphatic heterocycles. The van der Waals surface area contributed by atoms with Gasteiger partial charge in [-0.05, 0) is 81.7 Å². The molecule has 2 heterocycles. The van der Waals surface area contributed by atoms with Crippen LogP contribution in [0.15, 0.2) is 205 Å². The molecule has 258 valence electrons. The highest BCUT2D eigenvalue weighted by atomic mass is 32.1. The van der Waals surface area contributed by atoms with Gasteiger partial charge in [0.25, 0.3) is 0 Å². The van der Waals surface area contributed by atoms with Crippen molar-refractivity contribution in [3.8, 4) is 33.4 Å². The molecule has 11 aromatic rings. The first-order valence-corrected chi connectivity index (χ1v) is 19.5. The summed E-state index contributed by atoms with van der Waals surface area (Å²) in [4.78, 5) is 2.44. The predicted molar refractivity (Wildman–Crippen MR) is 235 cm³/mol. The average Bonchev–Trinajstić information content (AvgIpc) is 3.83. The summed E-state index contributed by atoms with van der Waals surface area (Å²) in [6.07, 6.45) is 0. The first-order chi connectivity index (χ1) is 27.3. The third-order valence-electron chi connectivity index (χ3n) is 10.9. The maximum Gasteiger partial charge on any atom is 0.143 e. The van der Waals surface area contributed by atoms with Gasteiger partial charge in [0.05, 0.1) is 5.69 Å². The van der Waals surface area contributed by atoms with Gasteiger partial charge in [0, 0.05) is 53.3 Å². The first kappa shape index (κ1) is 31.6. The molecule has 0 saturated heterocycles. The Labute approximate surface area is 322 Å². The van der Waals surface area contributed by atoms with Crippen molar-refractivity contribution < 1.29 is 4.42 Å². The van der Waals surface area contributed by atoms with E-state index in [-0.39, 0.29) is 0 Å². The molecule has 0 unspecified atom stereocenters. The van der Waals surface area contributed by atoms with E-state index in [1.807, 2.05) is 17.4 Å². The van der Waals surface area contributed by atoms with Crippen molar-refractivity contribution in [1.29, 1.82) is 0 Å². The second-order valence-electron chi connectivity index (χ2n) is 14.0. The molecule has 9 aromatic carbocycles. The van der Waals surface area contributed by atoms with E-state index in [4.69, 9.17) is 4.42 Å². The average molecular weight is 720 g/mol. The van der Waals surface area contributed by atoms with Crippen molar-refractivity contribution >= 4 is 81.3 Å². The van der Waals surface area contributed by atoms with Gasteiger partial charge >= 0.3 is 0 Å². The topological polar surface area (TPSA) is 16.4 Å². The number of rotatable bonds is 6. The molecule has 0 bridgehead atoms. The molecule has 0 spiro atoms. The summed E-state index contributed by atoms with van der Waals surface area (Å²) in [6, 6.07) is 72.2. The van der Waals surface area contributed by atoms with E-state index in [9.17, 15) is 0 Å². The van der Waals surface area contributed by atoms with Crippen LogP contribution in [0, 0.1) is 0 Å².